The summed E-state index contributed by atoms with van der Waals surface area (Å²) >= 11 is 11.9. The Labute approximate surface area is 105 Å². The molecule has 86 valence electrons. The average molecular weight is 258 g/mol. The maximum Gasteiger partial charge on any atom is 0.251 e. The summed E-state index contributed by atoms with van der Waals surface area (Å²) in [6, 6.07) is 3.25. The highest BCUT2D eigenvalue weighted by atomic mass is 35.5. The van der Waals surface area contributed by atoms with Gasteiger partial charge in [-0.1, -0.05) is 29.3 Å². The van der Waals surface area contributed by atoms with Crippen LogP contribution < -0.4 is 5.32 Å². The van der Waals surface area contributed by atoms with Crippen LogP contribution in [-0.2, 0) is 6.42 Å². The van der Waals surface area contributed by atoms with E-state index in [2.05, 4.69) is 11.9 Å². The molecule has 0 fully saturated rings. The lowest BCUT2D eigenvalue weighted by Crippen LogP contribution is -2.24. The zero-order valence-electron chi connectivity index (χ0n) is 9.02. The van der Waals surface area contributed by atoms with E-state index in [-0.39, 0.29) is 5.91 Å². The number of amides is 1. The summed E-state index contributed by atoms with van der Waals surface area (Å²) in [5.74, 6) is -0.163. The quantitative estimate of drug-likeness (QED) is 0.823. The summed E-state index contributed by atoms with van der Waals surface area (Å²) in [6.07, 6.45) is 2.25. The molecular weight excluding hydrogens is 245 g/mol. The fourth-order valence-electron chi connectivity index (χ4n) is 1.41. The van der Waals surface area contributed by atoms with E-state index in [0.29, 0.717) is 28.6 Å². The molecule has 0 saturated carbocycles. The Balaban J connectivity index is 3.22. The number of nitrogens with one attached hydrogen (secondary N) is 1. The fourth-order valence-corrected chi connectivity index (χ4v) is 1.98. The number of rotatable bonds is 4. The van der Waals surface area contributed by atoms with Crippen LogP contribution in [0.15, 0.2) is 24.8 Å². The summed E-state index contributed by atoms with van der Waals surface area (Å²) in [4.78, 5) is 11.8. The van der Waals surface area contributed by atoms with Crippen molar-refractivity contribution in [2.45, 2.75) is 13.3 Å². The molecule has 4 heteroatoms. The first-order valence-electron chi connectivity index (χ1n) is 4.97. The van der Waals surface area contributed by atoms with Crippen molar-refractivity contribution < 1.29 is 4.79 Å². The molecule has 0 bridgehead atoms. The largest absolute Gasteiger partial charge is 0.352 e. The molecule has 1 N–H and O–H groups in total. The van der Waals surface area contributed by atoms with E-state index in [9.17, 15) is 4.79 Å². The van der Waals surface area contributed by atoms with E-state index >= 15 is 0 Å². The van der Waals surface area contributed by atoms with Gasteiger partial charge in [-0.25, -0.2) is 0 Å². The predicted molar refractivity (Wildman–Crippen MR) is 68.4 cm³/mol. The van der Waals surface area contributed by atoms with Crippen molar-refractivity contribution in [1.82, 2.24) is 5.32 Å². The zero-order valence-corrected chi connectivity index (χ0v) is 10.5. The van der Waals surface area contributed by atoms with Crippen LogP contribution in [0.1, 0.15) is 22.8 Å². The molecule has 2 nitrogen and oxygen atoms in total. The second-order valence-corrected chi connectivity index (χ2v) is 4.11. The van der Waals surface area contributed by atoms with Crippen molar-refractivity contribution in [3.63, 3.8) is 0 Å². The maximum absolute atomic E-state index is 11.8. The smallest absolute Gasteiger partial charge is 0.251 e. The highest BCUT2D eigenvalue weighted by molar-refractivity contribution is 6.35. The highest BCUT2D eigenvalue weighted by Gasteiger charge is 2.14. The lowest BCUT2D eigenvalue weighted by Gasteiger charge is -2.10. The molecule has 0 atom stereocenters. The number of carbonyl (C=O) groups is 1. The molecule has 1 amide bonds. The second kappa shape index (κ2) is 5.92. The van der Waals surface area contributed by atoms with Crippen molar-refractivity contribution in [2.75, 3.05) is 6.54 Å². The molecule has 1 aromatic rings. The maximum atomic E-state index is 11.8. The molecule has 0 aliphatic heterocycles. The van der Waals surface area contributed by atoms with Gasteiger partial charge in [0.25, 0.3) is 5.91 Å². The lowest BCUT2D eigenvalue weighted by atomic mass is 10.0. The van der Waals surface area contributed by atoms with Crippen LogP contribution in [0.4, 0.5) is 0 Å². The van der Waals surface area contributed by atoms with E-state index in [1.165, 1.54) is 0 Å². The van der Waals surface area contributed by atoms with Crippen LogP contribution in [0.5, 0.6) is 0 Å². The minimum Gasteiger partial charge on any atom is -0.352 e. The van der Waals surface area contributed by atoms with Gasteiger partial charge in [0.2, 0.25) is 0 Å². The van der Waals surface area contributed by atoms with Crippen LogP contribution in [0.25, 0.3) is 0 Å². The van der Waals surface area contributed by atoms with E-state index in [0.717, 1.165) is 5.56 Å². The number of benzene rings is 1. The average Bonchev–Trinajstić information content (AvgIpc) is 2.22. The third-order valence-electron chi connectivity index (χ3n) is 2.09. The summed E-state index contributed by atoms with van der Waals surface area (Å²) in [7, 11) is 0. The Kier molecular flexibility index (Phi) is 4.84. The third-order valence-corrected chi connectivity index (χ3v) is 2.65. The Hall–Kier alpha value is -0.990. The molecule has 0 saturated heterocycles. The molecule has 0 aromatic heterocycles. The molecule has 16 heavy (non-hydrogen) atoms. The van der Waals surface area contributed by atoms with Gasteiger partial charge in [-0.3, -0.25) is 4.79 Å². The van der Waals surface area contributed by atoms with Gasteiger partial charge in [0.05, 0.1) is 0 Å². The van der Waals surface area contributed by atoms with E-state index in [4.69, 9.17) is 23.2 Å². The number of carbonyl (C=O) groups excluding carboxylic acids is 1. The van der Waals surface area contributed by atoms with Crippen molar-refractivity contribution in [2.24, 2.45) is 0 Å². The molecule has 1 aromatic carbocycles. The van der Waals surface area contributed by atoms with E-state index < -0.39 is 0 Å². The normalized spacial score (nSPS) is 9.94. The van der Waals surface area contributed by atoms with E-state index in [1.54, 1.807) is 18.2 Å². The third kappa shape index (κ3) is 3.00. The Morgan fingerprint density at radius 3 is 2.75 bits per heavy atom. The van der Waals surface area contributed by atoms with Crippen LogP contribution in [0.3, 0.4) is 0 Å². The van der Waals surface area contributed by atoms with Gasteiger partial charge in [0.1, 0.15) is 0 Å². The summed E-state index contributed by atoms with van der Waals surface area (Å²) in [5, 5.41) is 3.68. The fraction of sp³-hybridized carbons (Fsp3) is 0.250. The van der Waals surface area contributed by atoms with Crippen molar-refractivity contribution in [3.05, 3.63) is 46.0 Å². The topological polar surface area (TPSA) is 29.1 Å². The van der Waals surface area contributed by atoms with Gasteiger partial charge in [0, 0.05) is 22.2 Å². The Bertz CT molecular complexity index is 416. The SMILES string of the molecule is C=CCc1c(Cl)cc(Cl)cc1C(=O)NCC. The van der Waals surface area contributed by atoms with Crippen LogP contribution in [0.2, 0.25) is 10.0 Å². The number of allylic oxidation sites excluding steroid dienone is 1. The number of hydrogen-bond donors (Lipinski definition) is 1. The first kappa shape index (κ1) is 13.1. The molecule has 0 aliphatic rings. The number of hydrogen-bond acceptors (Lipinski definition) is 1. The van der Waals surface area contributed by atoms with Gasteiger partial charge in [-0.2, -0.15) is 0 Å². The van der Waals surface area contributed by atoms with Crippen LogP contribution >= 0.6 is 23.2 Å². The first-order chi connectivity index (χ1) is 7.60. The summed E-state index contributed by atoms with van der Waals surface area (Å²) in [6.45, 7) is 6.07. The molecule has 1 rings (SSSR count). The predicted octanol–water partition coefficient (Wildman–Crippen LogP) is 3.47. The highest BCUT2D eigenvalue weighted by Crippen LogP contribution is 2.26. The molecule has 0 unspecified atom stereocenters. The van der Waals surface area contributed by atoms with Gasteiger partial charge >= 0.3 is 0 Å². The molecule has 0 spiro atoms. The van der Waals surface area contributed by atoms with Crippen molar-refractivity contribution >= 4 is 29.1 Å². The van der Waals surface area contributed by atoms with Crippen molar-refractivity contribution in [3.8, 4) is 0 Å². The minimum absolute atomic E-state index is 0.163. The summed E-state index contributed by atoms with van der Waals surface area (Å²) < 4.78 is 0. The first-order valence-corrected chi connectivity index (χ1v) is 5.72. The van der Waals surface area contributed by atoms with E-state index in [1.807, 2.05) is 6.92 Å². The second-order valence-electron chi connectivity index (χ2n) is 3.27. The Morgan fingerprint density at radius 1 is 1.50 bits per heavy atom. The van der Waals surface area contributed by atoms with Crippen LogP contribution in [0, 0.1) is 0 Å². The standard InChI is InChI=1S/C12H13Cl2NO/c1-3-5-9-10(12(16)15-4-2)6-8(13)7-11(9)14/h3,6-7H,1,4-5H2,2H3,(H,15,16). The lowest BCUT2D eigenvalue weighted by molar-refractivity contribution is 0.0955. The molecule has 0 heterocycles. The molecule has 0 radical (unpaired) electrons. The number of halogens is 2. The Morgan fingerprint density at radius 2 is 2.19 bits per heavy atom. The molecule has 0 aliphatic carbocycles. The summed E-state index contributed by atoms with van der Waals surface area (Å²) in [5.41, 5.74) is 1.27. The van der Waals surface area contributed by atoms with Crippen LogP contribution in [-0.4, -0.2) is 12.5 Å². The van der Waals surface area contributed by atoms with Gasteiger partial charge < -0.3 is 5.32 Å². The monoisotopic (exact) mass is 257 g/mol. The van der Waals surface area contributed by atoms with Gasteiger partial charge in [-0.15, -0.1) is 6.58 Å². The molecular formula is C12H13Cl2NO. The van der Waals surface area contributed by atoms with Crippen molar-refractivity contribution in [1.29, 1.82) is 0 Å². The zero-order chi connectivity index (χ0) is 12.1. The minimum atomic E-state index is -0.163. The van der Waals surface area contributed by atoms with Gasteiger partial charge in [-0.05, 0) is 31.0 Å². The van der Waals surface area contributed by atoms with Gasteiger partial charge in [0.15, 0.2) is 0 Å².